The molecule has 1 N–H and O–H groups in total. The zero-order chi connectivity index (χ0) is 14.9. The van der Waals surface area contributed by atoms with Crippen molar-refractivity contribution in [3.8, 4) is 0 Å². The van der Waals surface area contributed by atoms with E-state index in [9.17, 15) is 13.9 Å². The van der Waals surface area contributed by atoms with Gasteiger partial charge in [-0.1, -0.05) is 44.2 Å². The Kier molecular flexibility index (Phi) is 4.19. The van der Waals surface area contributed by atoms with E-state index in [0.717, 1.165) is 5.56 Å². The van der Waals surface area contributed by atoms with Crippen LogP contribution in [-0.2, 0) is 0 Å². The summed E-state index contributed by atoms with van der Waals surface area (Å²) in [6.07, 6.45) is -1.30. The minimum absolute atomic E-state index is 0.290. The Morgan fingerprint density at radius 3 is 2.00 bits per heavy atom. The number of aryl methyl sites for hydroxylation is 1. The smallest absolute Gasteiger partial charge is 0.135 e. The van der Waals surface area contributed by atoms with E-state index in [-0.39, 0.29) is 5.56 Å². The fourth-order valence-corrected chi connectivity index (χ4v) is 2.16. The molecular formula is C17H18F2O. The first-order valence-electron chi connectivity index (χ1n) is 6.64. The van der Waals surface area contributed by atoms with Crippen LogP contribution in [0.2, 0.25) is 0 Å². The third-order valence-corrected chi connectivity index (χ3v) is 3.51. The molecule has 2 rings (SSSR count). The highest BCUT2D eigenvalue weighted by Crippen LogP contribution is 2.29. The second kappa shape index (κ2) is 5.71. The van der Waals surface area contributed by atoms with Gasteiger partial charge < -0.3 is 5.11 Å². The van der Waals surface area contributed by atoms with Gasteiger partial charge in [-0.25, -0.2) is 8.78 Å². The molecule has 0 radical (unpaired) electrons. The molecule has 0 fully saturated rings. The lowest BCUT2D eigenvalue weighted by Crippen LogP contribution is -2.07. The molecule has 0 amide bonds. The number of aliphatic hydroxyl groups is 1. The number of benzene rings is 2. The standard InChI is InChI=1S/C17H18F2O/c1-10(2)12-5-7-13(8-6-12)17(20)15-14(18)9-4-11(3)16(15)19/h4-10,17,20H,1-3H3. The van der Waals surface area contributed by atoms with Crippen LogP contribution in [0.1, 0.15) is 48.1 Å². The molecule has 0 aliphatic carbocycles. The van der Waals surface area contributed by atoms with E-state index in [2.05, 4.69) is 13.8 Å². The summed E-state index contributed by atoms with van der Waals surface area (Å²) in [5, 5.41) is 10.2. The van der Waals surface area contributed by atoms with E-state index >= 15 is 0 Å². The molecule has 3 heteroatoms. The molecule has 106 valence electrons. The zero-order valence-electron chi connectivity index (χ0n) is 11.8. The zero-order valence-corrected chi connectivity index (χ0v) is 11.8. The summed E-state index contributed by atoms with van der Waals surface area (Å²) in [5.74, 6) is -1.05. The van der Waals surface area contributed by atoms with Gasteiger partial charge in [-0.15, -0.1) is 0 Å². The summed E-state index contributed by atoms with van der Waals surface area (Å²) in [5.41, 5.74) is 1.63. The summed E-state index contributed by atoms with van der Waals surface area (Å²) in [4.78, 5) is 0. The number of rotatable bonds is 3. The minimum atomic E-state index is -1.30. The maximum absolute atomic E-state index is 14.0. The summed E-state index contributed by atoms with van der Waals surface area (Å²) in [6, 6.07) is 9.70. The Morgan fingerprint density at radius 2 is 1.45 bits per heavy atom. The third kappa shape index (κ3) is 2.73. The summed E-state index contributed by atoms with van der Waals surface area (Å²) >= 11 is 0. The largest absolute Gasteiger partial charge is 0.383 e. The van der Waals surface area contributed by atoms with Gasteiger partial charge in [0.25, 0.3) is 0 Å². The summed E-state index contributed by atoms with van der Waals surface area (Å²) in [7, 11) is 0. The fourth-order valence-electron chi connectivity index (χ4n) is 2.16. The SMILES string of the molecule is Cc1ccc(F)c(C(O)c2ccc(C(C)C)cc2)c1F. The lowest BCUT2D eigenvalue weighted by molar-refractivity contribution is 0.208. The second-order valence-corrected chi connectivity index (χ2v) is 5.32. The van der Waals surface area contributed by atoms with Crippen molar-refractivity contribution in [1.29, 1.82) is 0 Å². The maximum atomic E-state index is 14.0. The molecule has 0 bridgehead atoms. The molecule has 2 aromatic rings. The van der Waals surface area contributed by atoms with E-state index in [0.29, 0.717) is 17.0 Å². The summed E-state index contributed by atoms with van der Waals surface area (Å²) < 4.78 is 27.8. The van der Waals surface area contributed by atoms with Crippen molar-refractivity contribution in [2.45, 2.75) is 32.8 Å². The molecule has 1 unspecified atom stereocenters. The van der Waals surface area contributed by atoms with E-state index in [1.54, 1.807) is 19.1 Å². The molecule has 0 saturated carbocycles. The van der Waals surface area contributed by atoms with Crippen LogP contribution in [0.4, 0.5) is 8.78 Å². The molecule has 0 spiro atoms. The van der Waals surface area contributed by atoms with Crippen LogP contribution in [0.25, 0.3) is 0 Å². The van der Waals surface area contributed by atoms with Gasteiger partial charge in [-0.3, -0.25) is 0 Å². The van der Waals surface area contributed by atoms with E-state index in [1.807, 2.05) is 12.1 Å². The molecule has 20 heavy (non-hydrogen) atoms. The number of aliphatic hydroxyl groups excluding tert-OH is 1. The Labute approximate surface area is 117 Å². The van der Waals surface area contributed by atoms with Crippen molar-refractivity contribution < 1.29 is 13.9 Å². The van der Waals surface area contributed by atoms with Gasteiger partial charge in [0, 0.05) is 0 Å². The first-order chi connectivity index (χ1) is 9.41. The highest BCUT2D eigenvalue weighted by molar-refractivity contribution is 5.36. The van der Waals surface area contributed by atoms with Crippen molar-refractivity contribution in [3.63, 3.8) is 0 Å². The number of hydrogen-bond donors (Lipinski definition) is 1. The van der Waals surface area contributed by atoms with Crippen LogP contribution < -0.4 is 0 Å². The topological polar surface area (TPSA) is 20.2 Å². The van der Waals surface area contributed by atoms with E-state index < -0.39 is 17.7 Å². The first-order valence-corrected chi connectivity index (χ1v) is 6.64. The molecule has 0 aliphatic rings. The van der Waals surface area contributed by atoms with Crippen LogP contribution in [0, 0.1) is 18.6 Å². The second-order valence-electron chi connectivity index (χ2n) is 5.32. The normalized spacial score (nSPS) is 12.8. The van der Waals surface area contributed by atoms with Gasteiger partial charge in [0.15, 0.2) is 0 Å². The lowest BCUT2D eigenvalue weighted by Gasteiger charge is -2.15. The molecule has 0 heterocycles. The fraction of sp³-hybridized carbons (Fsp3) is 0.294. The number of hydrogen-bond acceptors (Lipinski definition) is 1. The molecule has 2 aromatic carbocycles. The van der Waals surface area contributed by atoms with Gasteiger partial charge in [0.05, 0.1) is 5.56 Å². The molecule has 1 atom stereocenters. The molecular weight excluding hydrogens is 258 g/mol. The Bertz CT molecular complexity index is 603. The monoisotopic (exact) mass is 276 g/mol. The predicted octanol–water partition coefficient (Wildman–Crippen LogP) is 4.48. The molecule has 0 aliphatic heterocycles. The van der Waals surface area contributed by atoms with Gasteiger partial charge in [0.1, 0.15) is 17.7 Å². The van der Waals surface area contributed by atoms with Crippen molar-refractivity contribution in [1.82, 2.24) is 0 Å². The van der Waals surface area contributed by atoms with Crippen LogP contribution >= 0.6 is 0 Å². The predicted molar refractivity (Wildman–Crippen MR) is 75.7 cm³/mol. The average molecular weight is 276 g/mol. The first kappa shape index (κ1) is 14.7. The lowest BCUT2D eigenvalue weighted by atomic mass is 9.95. The van der Waals surface area contributed by atoms with Crippen molar-refractivity contribution in [2.24, 2.45) is 0 Å². The third-order valence-electron chi connectivity index (χ3n) is 3.51. The average Bonchev–Trinajstić information content (AvgIpc) is 2.43. The Balaban J connectivity index is 2.41. The van der Waals surface area contributed by atoms with Crippen molar-refractivity contribution >= 4 is 0 Å². The minimum Gasteiger partial charge on any atom is -0.383 e. The van der Waals surface area contributed by atoms with Crippen LogP contribution in [0.15, 0.2) is 36.4 Å². The summed E-state index contributed by atoms with van der Waals surface area (Å²) in [6.45, 7) is 5.67. The van der Waals surface area contributed by atoms with Crippen LogP contribution in [0.5, 0.6) is 0 Å². The number of halogens is 2. The van der Waals surface area contributed by atoms with Gasteiger partial charge in [0.2, 0.25) is 0 Å². The van der Waals surface area contributed by atoms with Crippen molar-refractivity contribution in [2.75, 3.05) is 0 Å². The van der Waals surface area contributed by atoms with Crippen LogP contribution in [0.3, 0.4) is 0 Å². The van der Waals surface area contributed by atoms with Crippen molar-refractivity contribution in [3.05, 3.63) is 70.3 Å². The quantitative estimate of drug-likeness (QED) is 0.876. The molecule has 0 aromatic heterocycles. The van der Waals surface area contributed by atoms with E-state index in [4.69, 9.17) is 0 Å². The Hall–Kier alpha value is -1.74. The van der Waals surface area contributed by atoms with Crippen LogP contribution in [-0.4, -0.2) is 5.11 Å². The van der Waals surface area contributed by atoms with Gasteiger partial charge >= 0.3 is 0 Å². The highest BCUT2D eigenvalue weighted by atomic mass is 19.1. The highest BCUT2D eigenvalue weighted by Gasteiger charge is 2.21. The van der Waals surface area contributed by atoms with Gasteiger partial charge in [-0.05, 0) is 35.6 Å². The van der Waals surface area contributed by atoms with E-state index in [1.165, 1.54) is 12.1 Å². The Morgan fingerprint density at radius 1 is 0.900 bits per heavy atom. The molecule has 0 saturated heterocycles. The van der Waals surface area contributed by atoms with Gasteiger partial charge in [-0.2, -0.15) is 0 Å². The molecule has 1 nitrogen and oxygen atoms in total. The maximum Gasteiger partial charge on any atom is 0.135 e.